The molecule has 0 aliphatic rings. The molecule has 0 aliphatic heterocycles. The zero-order valence-corrected chi connectivity index (χ0v) is 43.4. The highest BCUT2D eigenvalue weighted by molar-refractivity contribution is 8.76. The van der Waals surface area contributed by atoms with Crippen molar-refractivity contribution in [2.75, 3.05) is 67.4 Å². The molecule has 0 amide bonds. The number of aliphatic hydroxyl groups excluding tert-OH is 2. The van der Waals surface area contributed by atoms with Crippen LogP contribution in [0.1, 0.15) is 11.1 Å². The highest BCUT2D eigenvalue weighted by atomic mass is 33.1. The summed E-state index contributed by atoms with van der Waals surface area (Å²) in [5, 5.41) is 35.8. The number of rotatable bonds is 27. The number of hydrazone groups is 2. The van der Waals surface area contributed by atoms with Crippen molar-refractivity contribution in [1.82, 2.24) is 0 Å². The Morgan fingerprint density at radius 1 is 0.333 bits per heavy atom. The van der Waals surface area contributed by atoms with Crippen LogP contribution in [0.4, 0.5) is 45.5 Å². The van der Waals surface area contributed by atoms with E-state index in [1.807, 2.05) is 129 Å². The van der Waals surface area contributed by atoms with Gasteiger partial charge in [-0.3, -0.25) is 10.0 Å². The van der Waals surface area contributed by atoms with Crippen LogP contribution in [0, 0.1) is 0 Å². The number of aliphatic hydroxyl groups is 2. The molecule has 0 aromatic heterocycles. The van der Waals surface area contributed by atoms with Gasteiger partial charge < -0.3 is 20.0 Å². The monoisotopic (exact) mass is 1020 g/mol. The molecule has 8 aromatic rings. The molecule has 8 nitrogen and oxygen atoms in total. The molecule has 0 saturated heterocycles. The summed E-state index contributed by atoms with van der Waals surface area (Å²) < 4.78 is 0. The van der Waals surface area contributed by atoms with Crippen molar-refractivity contribution in [1.29, 1.82) is 0 Å². The molecule has 0 radical (unpaired) electrons. The summed E-state index contributed by atoms with van der Waals surface area (Å²) in [6.45, 7) is 0.777. The molecule has 2 atom stereocenters. The highest BCUT2D eigenvalue weighted by Gasteiger charge is 2.16. The molecule has 2 unspecified atom stereocenters. The van der Waals surface area contributed by atoms with Gasteiger partial charge in [0, 0.05) is 68.6 Å². The topological polar surface area (TPSA) is 78.1 Å². The fourth-order valence-corrected chi connectivity index (χ4v) is 12.5. The number of para-hydroxylation sites is 6. The third kappa shape index (κ3) is 16.1. The van der Waals surface area contributed by atoms with Gasteiger partial charge in [-0.1, -0.05) is 155 Å². The van der Waals surface area contributed by atoms with Crippen molar-refractivity contribution in [3.05, 3.63) is 242 Å². The Hall–Kier alpha value is -6.38. The molecule has 8 aromatic carbocycles. The average Bonchev–Trinajstić information content (AvgIpc) is 3.44. The van der Waals surface area contributed by atoms with E-state index in [1.165, 1.54) is 0 Å². The number of hydrogen-bond acceptors (Lipinski definition) is 12. The van der Waals surface area contributed by atoms with Gasteiger partial charge in [-0.15, -0.1) is 0 Å². The van der Waals surface area contributed by atoms with E-state index in [4.69, 9.17) is 10.2 Å². The largest absolute Gasteiger partial charge is 0.390 e. The van der Waals surface area contributed by atoms with Gasteiger partial charge in [0.15, 0.2) is 0 Å². The van der Waals surface area contributed by atoms with Gasteiger partial charge in [0.25, 0.3) is 0 Å². The third-order valence-corrected chi connectivity index (χ3v) is 16.4. The average molecular weight is 1030 g/mol. The first kappa shape index (κ1) is 52.0. The van der Waals surface area contributed by atoms with Crippen LogP contribution < -0.4 is 19.8 Å². The molecule has 0 fully saturated rings. The first-order valence-corrected chi connectivity index (χ1v) is 28.9. The maximum absolute atomic E-state index is 11.1. The Morgan fingerprint density at radius 2 is 0.597 bits per heavy atom. The first-order chi connectivity index (χ1) is 35.6. The highest BCUT2D eigenvalue weighted by Crippen LogP contribution is 2.36. The van der Waals surface area contributed by atoms with E-state index in [0.717, 1.165) is 79.6 Å². The molecule has 0 bridgehead atoms. The standard InChI is InChI=1S/C60H60N6O2S4/c67-59(45-63(51-19-7-1-8-20-51)61-43-49-31-35-57(36-32-49)65(53-23-11-3-12-24-53)54-25-13-4-14-26-54)47-69-39-41-71-72-42-40-70-48-60(68)46-64(52-21-9-2-10-22-52)62-44-50-33-37-58(38-34-50)66(55-27-15-5-16-28-55)56-29-17-6-18-30-56/h1-38,43-44,59-60,67-68H,39-42,45-48H2. The number of nitrogens with zero attached hydrogens (tertiary/aromatic N) is 6. The minimum Gasteiger partial charge on any atom is -0.390 e. The van der Waals surface area contributed by atoms with Crippen molar-refractivity contribution in [3.63, 3.8) is 0 Å². The van der Waals surface area contributed by atoms with Crippen molar-refractivity contribution in [2.24, 2.45) is 10.2 Å². The van der Waals surface area contributed by atoms with Crippen LogP contribution in [0.2, 0.25) is 0 Å². The third-order valence-electron chi connectivity index (χ3n) is 11.3. The van der Waals surface area contributed by atoms with Crippen molar-refractivity contribution >= 4 is 103 Å². The Bertz CT molecular complexity index is 2530. The second kappa shape index (κ2) is 28.6. The van der Waals surface area contributed by atoms with Gasteiger partial charge in [-0.2, -0.15) is 33.7 Å². The van der Waals surface area contributed by atoms with Crippen LogP contribution >= 0.6 is 45.1 Å². The zero-order valence-electron chi connectivity index (χ0n) is 40.1. The summed E-state index contributed by atoms with van der Waals surface area (Å²) in [6.07, 6.45) is 2.63. The molecule has 0 aliphatic carbocycles. The molecule has 8 rings (SSSR count). The Balaban J connectivity index is 0.743. The number of hydrogen-bond donors (Lipinski definition) is 2. The van der Waals surface area contributed by atoms with E-state index in [2.05, 4.69) is 155 Å². The Kier molecular flexibility index (Phi) is 20.6. The van der Waals surface area contributed by atoms with Crippen molar-refractivity contribution in [2.45, 2.75) is 12.2 Å². The first-order valence-electron chi connectivity index (χ1n) is 24.1. The SMILES string of the molecule is OC(CSCCSSCCSCC(O)CN(N=Cc1ccc(N(c2ccccc2)c2ccccc2)cc1)c1ccccc1)CN(N=Cc1ccc(N(c2ccccc2)c2ccccc2)cc1)c1ccccc1. The minimum absolute atomic E-state index is 0.389. The predicted octanol–water partition coefficient (Wildman–Crippen LogP) is 14.6. The van der Waals surface area contributed by atoms with Crippen LogP contribution in [0.5, 0.6) is 0 Å². The molecular formula is C60H60N6O2S4. The number of thioether (sulfide) groups is 2. The minimum atomic E-state index is -0.549. The lowest BCUT2D eigenvalue weighted by molar-refractivity contribution is 0.204. The van der Waals surface area contributed by atoms with E-state index in [1.54, 1.807) is 23.5 Å². The van der Waals surface area contributed by atoms with E-state index in [0.29, 0.717) is 24.6 Å². The zero-order chi connectivity index (χ0) is 49.4. The van der Waals surface area contributed by atoms with Crippen LogP contribution in [-0.4, -0.2) is 82.5 Å². The summed E-state index contributed by atoms with van der Waals surface area (Å²) in [5.41, 5.74) is 10.3. The fourth-order valence-electron chi connectivity index (χ4n) is 7.78. The molecule has 0 saturated carbocycles. The van der Waals surface area contributed by atoms with Crippen molar-refractivity contribution in [3.8, 4) is 0 Å². The molecule has 0 heterocycles. The summed E-state index contributed by atoms with van der Waals surface area (Å²) in [4.78, 5) is 4.48. The lowest BCUT2D eigenvalue weighted by atomic mass is 10.1. The number of anilines is 8. The Morgan fingerprint density at radius 3 is 0.889 bits per heavy atom. The molecule has 12 heteroatoms. The van der Waals surface area contributed by atoms with Gasteiger partial charge in [-0.05, 0) is 108 Å². The lowest BCUT2D eigenvalue weighted by Crippen LogP contribution is -2.30. The summed E-state index contributed by atoms with van der Waals surface area (Å²) >= 11 is 3.54. The van der Waals surface area contributed by atoms with Crippen LogP contribution in [-0.2, 0) is 0 Å². The Labute approximate surface area is 441 Å². The summed E-state index contributed by atoms with van der Waals surface area (Å²) in [7, 11) is 3.73. The maximum Gasteiger partial charge on any atom is 0.0826 e. The molecule has 2 N–H and O–H groups in total. The molecule has 366 valence electrons. The summed E-state index contributed by atoms with van der Waals surface area (Å²) in [5.74, 6) is 5.13. The van der Waals surface area contributed by atoms with Gasteiger partial charge in [0.2, 0.25) is 0 Å². The molecule has 0 spiro atoms. The van der Waals surface area contributed by atoms with Crippen LogP contribution in [0.25, 0.3) is 0 Å². The smallest absolute Gasteiger partial charge is 0.0826 e. The quantitative estimate of drug-likeness (QED) is 0.0225. The molecular weight excluding hydrogens is 965 g/mol. The van der Waals surface area contributed by atoms with E-state index in [9.17, 15) is 10.2 Å². The lowest BCUT2D eigenvalue weighted by Gasteiger charge is -2.25. The van der Waals surface area contributed by atoms with E-state index in [-0.39, 0.29) is 0 Å². The van der Waals surface area contributed by atoms with Gasteiger partial charge >= 0.3 is 0 Å². The maximum atomic E-state index is 11.1. The second-order valence-electron chi connectivity index (χ2n) is 16.6. The van der Waals surface area contributed by atoms with E-state index >= 15 is 0 Å². The van der Waals surface area contributed by atoms with E-state index < -0.39 is 12.2 Å². The normalized spacial score (nSPS) is 12.2. The number of benzene rings is 8. The van der Waals surface area contributed by atoms with Gasteiger partial charge in [-0.25, -0.2) is 0 Å². The van der Waals surface area contributed by atoms with Gasteiger partial charge in [0.05, 0.1) is 49.1 Å². The van der Waals surface area contributed by atoms with Gasteiger partial charge in [0.1, 0.15) is 0 Å². The predicted molar refractivity (Wildman–Crippen MR) is 317 cm³/mol. The second-order valence-corrected chi connectivity index (χ2v) is 21.6. The van der Waals surface area contributed by atoms with Crippen LogP contribution in [0.15, 0.2) is 241 Å². The summed E-state index contributed by atoms with van der Waals surface area (Å²) in [6, 6.07) is 78.3. The van der Waals surface area contributed by atoms with Crippen molar-refractivity contribution < 1.29 is 10.2 Å². The van der Waals surface area contributed by atoms with Crippen LogP contribution in [0.3, 0.4) is 0 Å². The molecule has 72 heavy (non-hydrogen) atoms. The fraction of sp³-hybridized carbons (Fsp3) is 0.167.